The molecule has 1 aliphatic rings. The Morgan fingerprint density at radius 1 is 1.27 bits per heavy atom. The summed E-state index contributed by atoms with van der Waals surface area (Å²) in [4.78, 5) is 32.3. The molecular weight excluding hydrogens is 424 g/mol. The van der Waals surface area contributed by atoms with Crippen LogP contribution in [0.15, 0.2) is 65.8 Å². The minimum atomic E-state index is -0.753. The van der Waals surface area contributed by atoms with E-state index in [1.165, 1.54) is 29.4 Å². The first-order valence-electron chi connectivity index (χ1n) is 9.06. The average Bonchev–Trinajstić information content (AvgIpc) is 3.37. The summed E-state index contributed by atoms with van der Waals surface area (Å²) in [6, 6.07) is 11.3. The molecule has 3 heterocycles. The molecule has 0 spiro atoms. The molecule has 4 rings (SSSR count). The van der Waals surface area contributed by atoms with Gasteiger partial charge in [0.2, 0.25) is 0 Å². The summed E-state index contributed by atoms with van der Waals surface area (Å²) in [5, 5.41) is 13.4. The molecule has 8 heteroatoms. The van der Waals surface area contributed by atoms with Gasteiger partial charge in [0.25, 0.3) is 11.7 Å². The molecular formula is C22H17ClN2O4S. The number of rotatable bonds is 5. The molecule has 1 unspecified atom stereocenters. The number of ether oxygens (including phenoxy) is 1. The zero-order valence-electron chi connectivity index (χ0n) is 15.9. The summed E-state index contributed by atoms with van der Waals surface area (Å²) < 4.78 is 5.32. The molecule has 3 aromatic rings. The van der Waals surface area contributed by atoms with Crippen LogP contribution in [-0.4, -0.2) is 33.8 Å². The van der Waals surface area contributed by atoms with Crippen molar-refractivity contribution in [3.05, 3.63) is 86.8 Å². The number of likely N-dealkylation sites (tertiary alicyclic amines) is 1. The van der Waals surface area contributed by atoms with Crippen molar-refractivity contribution in [2.24, 2.45) is 0 Å². The normalized spacial score (nSPS) is 18.1. The molecule has 0 saturated carbocycles. The second-order valence-corrected chi connectivity index (χ2v) is 8.06. The van der Waals surface area contributed by atoms with Crippen LogP contribution in [0.25, 0.3) is 5.76 Å². The first-order chi connectivity index (χ1) is 14.5. The summed E-state index contributed by atoms with van der Waals surface area (Å²) in [6.07, 6.45) is 3.28. The fourth-order valence-corrected chi connectivity index (χ4v) is 4.50. The smallest absolute Gasteiger partial charge is 0.295 e. The van der Waals surface area contributed by atoms with Crippen molar-refractivity contribution in [1.82, 2.24) is 9.88 Å². The lowest BCUT2D eigenvalue weighted by Crippen LogP contribution is -2.28. The van der Waals surface area contributed by atoms with Crippen LogP contribution >= 0.6 is 22.9 Å². The number of methoxy groups -OCH3 is 1. The Bertz CT molecular complexity index is 1130. The van der Waals surface area contributed by atoms with Crippen LogP contribution in [0, 0.1) is 0 Å². The van der Waals surface area contributed by atoms with Crippen molar-refractivity contribution in [2.75, 3.05) is 7.11 Å². The maximum Gasteiger partial charge on any atom is 0.295 e. The van der Waals surface area contributed by atoms with E-state index in [4.69, 9.17) is 16.3 Å². The van der Waals surface area contributed by atoms with Crippen molar-refractivity contribution in [3.63, 3.8) is 0 Å². The first kappa shape index (κ1) is 20.1. The second kappa shape index (κ2) is 8.30. The van der Waals surface area contributed by atoms with Crippen LogP contribution in [0.1, 0.15) is 22.0 Å². The Balaban J connectivity index is 1.88. The average molecular weight is 441 g/mol. The predicted molar refractivity (Wildman–Crippen MR) is 114 cm³/mol. The van der Waals surface area contributed by atoms with Crippen LogP contribution in [0.2, 0.25) is 5.02 Å². The Kier molecular flexibility index (Phi) is 5.57. The van der Waals surface area contributed by atoms with Crippen LogP contribution in [0.4, 0.5) is 0 Å². The molecule has 1 aliphatic heterocycles. The van der Waals surface area contributed by atoms with Gasteiger partial charge in [-0.05, 0) is 41.3 Å². The maximum absolute atomic E-state index is 13.0. The summed E-state index contributed by atoms with van der Waals surface area (Å²) in [6.45, 7) is 0.185. The number of amides is 1. The number of halogens is 1. The summed E-state index contributed by atoms with van der Waals surface area (Å²) in [7, 11) is 1.46. The minimum Gasteiger partial charge on any atom is -0.507 e. The minimum absolute atomic E-state index is 0.00640. The van der Waals surface area contributed by atoms with Gasteiger partial charge in [-0.15, -0.1) is 11.3 Å². The highest BCUT2D eigenvalue weighted by molar-refractivity contribution is 7.10. The van der Waals surface area contributed by atoms with Crippen LogP contribution in [0.5, 0.6) is 5.75 Å². The van der Waals surface area contributed by atoms with Gasteiger partial charge in [-0.1, -0.05) is 23.7 Å². The van der Waals surface area contributed by atoms with Gasteiger partial charge < -0.3 is 14.7 Å². The summed E-state index contributed by atoms with van der Waals surface area (Å²) in [5.41, 5.74) is 1.04. The van der Waals surface area contributed by atoms with E-state index in [0.29, 0.717) is 10.8 Å². The van der Waals surface area contributed by atoms with Gasteiger partial charge in [0.1, 0.15) is 11.5 Å². The van der Waals surface area contributed by atoms with Crippen LogP contribution in [-0.2, 0) is 16.1 Å². The lowest BCUT2D eigenvalue weighted by Gasteiger charge is -2.24. The third kappa shape index (κ3) is 3.58. The number of pyridine rings is 1. The predicted octanol–water partition coefficient (Wildman–Crippen LogP) is 4.43. The van der Waals surface area contributed by atoms with E-state index in [2.05, 4.69) is 4.98 Å². The van der Waals surface area contributed by atoms with E-state index in [9.17, 15) is 14.7 Å². The van der Waals surface area contributed by atoms with Crippen molar-refractivity contribution in [3.8, 4) is 5.75 Å². The molecule has 30 heavy (non-hydrogen) atoms. The van der Waals surface area contributed by atoms with E-state index in [0.717, 1.165) is 10.4 Å². The Labute approximate surface area is 182 Å². The molecule has 1 amide bonds. The van der Waals surface area contributed by atoms with E-state index < -0.39 is 17.7 Å². The van der Waals surface area contributed by atoms with Gasteiger partial charge in [-0.2, -0.15) is 0 Å². The number of ketones is 1. The SMILES string of the molecule is COc1ccc(Cl)cc1/C(O)=C1\C(=O)C(=O)N(Cc2cccnc2)C1c1cccs1. The van der Waals surface area contributed by atoms with E-state index in [1.807, 2.05) is 23.6 Å². The fraction of sp³-hybridized carbons (Fsp3) is 0.136. The molecule has 1 saturated heterocycles. The number of aliphatic hydroxyl groups is 1. The number of nitrogens with zero attached hydrogens (tertiary/aromatic N) is 2. The first-order valence-corrected chi connectivity index (χ1v) is 10.3. The number of hydrogen-bond donors (Lipinski definition) is 1. The highest BCUT2D eigenvalue weighted by Crippen LogP contribution is 2.43. The lowest BCUT2D eigenvalue weighted by atomic mass is 9.99. The van der Waals surface area contributed by atoms with Crippen LogP contribution < -0.4 is 4.74 Å². The number of carbonyl (C=O) groups excluding carboxylic acids is 2. The highest BCUT2D eigenvalue weighted by Gasteiger charge is 2.46. The van der Waals surface area contributed by atoms with Gasteiger partial charge in [0.15, 0.2) is 0 Å². The van der Waals surface area contributed by atoms with E-state index in [-0.39, 0.29) is 23.4 Å². The monoisotopic (exact) mass is 440 g/mol. The summed E-state index contributed by atoms with van der Waals surface area (Å²) in [5.74, 6) is -1.41. The van der Waals surface area contributed by atoms with E-state index in [1.54, 1.807) is 30.6 Å². The lowest BCUT2D eigenvalue weighted by molar-refractivity contribution is -0.140. The van der Waals surface area contributed by atoms with Gasteiger partial charge >= 0.3 is 0 Å². The maximum atomic E-state index is 13.0. The topological polar surface area (TPSA) is 79.7 Å². The standard InChI is InChI=1S/C22H17ClN2O4S/c1-29-16-7-6-14(23)10-15(16)20(26)18-19(17-5-3-9-30-17)25(22(28)21(18)27)12-13-4-2-8-24-11-13/h2-11,19,26H,12H2,1H3/b20-18+. The molecule has 2 aromatic heterocycles. The number of aliphatic hydroxyl groups excluding tert-OH is 1. The molecule has 1 atom stereocenters. The molecule has 6 nitrogen and oxygen atoms in total. The van der Waals surface area contributed by atoms with Crippen molar-refractivity contribution in [1.29, 1.82) is 0 Å². The third-order valence-electron chi connectivity index (χ3n) is 4.84. The van der Waals surface area contributed by atoms with Crippen molar-refractivity contribution in [2.45, 2.75) is 12.6 Å². The Hall–Kier alpha value is -3.16. The molecule has 1 aromatic carbocycles. The number of thiophene rings is 1. The molecule has 0 radical (unpaired) electrons. The molecule has 152 valence electrons. The quantitative estimate of drug-likeness (QED) is 0.360. The molecule has 0 bridgehead atoms. The van der Waals surface area contributed by atoms with Crippen molar-refractivity contribution < 1.29 is 19.4 Å². The van der Waals surface area contributed by atoms with Gasteiger partial charge in [0.05, 0.1) is 24.3 Å². The highest BCUT2D eigenvalue weighted by atomic mass is 35.5. The van der Waals surface area contributed by atoms with Gasteiger partial charge in [-0.3, -0.25) is 14.6 Å². The largest absolute Gasteiger partial charge is 0.507 e. The number of benzene rings is 1. The third-order valence-corrected chi connectivity index (χ3v) is 6.00. The number of aromatic nitrogens is 1. The fourth-order valence-electron chi connectivity index (χ4n) is 3.48. The van der Waals surface area contributed by atoms with Crippen molar-refractivity contribution >= 4 is 40.4 Å². The Morgan fingerprint density at radius 3 is 2.77 bits per heavy atom. The molecule has 1 N–H and O–H groups in total. The Morgan fingerprint density at radius 2 is 2.10 bits per heavy atom. The van der Waals surface area contributed by atoms with Gasteiger partial charge in [0, 0.05) is 28.8 Å². The summed E-state index contributed by atoms with van der Waals surface area (Å²) >= 11 is 7.51. The number of Topliss-reactive ketones (excluding diaryl/α,β-unsaturated/α-hetero) is 1. The van der Waals surface area contributed by atoms with Crippen LogP contribution in [0.3, 0.4) is 0 Å². The number of carbonyl (C=O) groups is 2. The zero-order chi connectivity index (χ0) is 21.3. The number of hydrogen-bond acceptors (Lipinski definition) is 6. The molecule has 1 fully saturated rings. The molecule has 0 aliphatic carbocycles. The van der Waals surface area contributed by atoms with E-state index >= 15 is 0 Å². The zero-order valence-corrected chi connectivity index (χ0v) is 17.5. The second-order valence-electron chi connectivity index (χ2n) is 6.65. The van der Waals surface area contributed by atoms with Gasteiger partial charge in [-0.25, -0.2) is 0 Å².